The van der Waals surface area contributed by atoms with Crippen molar-refractivity contribution in [3.8, 4) is 5.75 Å². The fraction of sp³-hybridized carbons (Fsp3) is 0.462. The molecule has 2 N–H and O–H groups in total. The van der Waals surface area contributed by atoms with Crippen molar-refractivity contribution in [3.05, 3.63) is 29.8 Å². The second kappa shape index (κ2) is 6.66. The van der Waals surface area contributed by atoms with Crippen molar-refractivity contribution in [3.63, 3.8) is 0 Å². The van der Waals surface area contributed by atoms with Crippen LogP contribution >= 0.6 is 11.8 Å². The van der Waals surface area contributed by atoms with E-state index in [2.05, 4.69) is 10.2 Å². The van der Waals surface area contributed by atoms with Crippen LogP contribution in [0.1, 0.15) is 10.4 Å². The van der Waals surface area contributed by atoms with Crippen molar-refractivity contribution in [1.29, 1.82) is 0 Å². The molecule has 98 valence electrons. The highest BCUT2D eigenvalue weighted by Crippen LogP contribution is 2.10. The van der Waals surface area contributed by atoms with Crippen LogP contribution in [0.15, 0.2) is 24.3 Å². The lowest BCUT2D eigenvalue weighted by atomic mass is 10.2. The van der Waals surface area contributed by atoms with Gasteiger partial charge in [0.2, 0.25) is 0 Å². The minimum atomic E-state index is -0.128. The predicted molar refractivity (Wildman–Crippen MR) is 74.2 cm³/mol. The third kappa shape index (κ3) is 3.92. The SMILES string of the molecule is O=C(NCCN1CCSCC1)c1cccc(O)c1. The lowest BCUT2D eigenvalue weighted by Crippen LogP contribution is -2.39. The Morgan fingerprint density at radius 1 is 1.39 bits per heavy atom. The number of phenols is 1. The maximum absolute atomic E-state index is 11.8. The average molecular weight is 266 g/mol. The molecular formula is C13H18N2O2S. The molecule has 0 radical (unpaired) electrons. The van der Waals surface area contributed by atoms with Gasteiger partial charge in [0.05, 0.1) is 0 Å². The van der Waals surface area contributed by atoms with Crippen LogP contribution in [0.4, 0.5) is 0 Å². The molecule has 18 heavy (non-hydrogen) atoms. The molecule has 0 unspecified atom stereocenters. The number of nitrogens with zero attached hydrogens (tertiary/aromatic N) is 1. The Hall–Kier alpha value is -1.20. The highest BCUT2D eigenvalue weighted by Gasteiger charge is 2.10. The summed E-state index contributed by atoms with van der Waals surface area (Å²) in [6.07, 6.45) is 0. The van der Waals surface area contributed by atoms with Crippen molar-refractivity contribution in [2.45, 2.75) is 0 Å². The summed E-state index contributed by atoms with van der Waals surface area (Å²) in [4.78, 5) is 14.2. The van der Waals surface area contributed by atoms with Gasteiger partial charge in [-0.2, -0.15) is 11.8 Å². The van der Waals surface area contributed by atoms with E-state index in [0.717, 1.165) is 19.6 Å². The van der Waals surface area contributed by atoms with Crippen LogP contribution < -0.4 is 5.32 Å². The van der Waals surface area contributed by atoms with E-state index in [-0.39, 0.29) is 11.7 Å². The first-order valence-electron chi connectivity index (χ1n) is 6.13. The van der Waals surface area contributed by atoms with Crippen molar-refractivity contribution in [2.24, 2.45) is 0 Å². The summed E-state index contributed by atoms with van der Waals surface area (Å²) in [5.74, 6) is 2.36. The van der Waals surface area contributed by atoms with Crippen LogP contribution in [-0.4, -0.2) is 53.6 Å². The van der Waals surface area contributed by atoms with Crippen molar-refractivity contribution < 1.29 is 9.90 Å². The molecule has 1 heterocycles. The Kier molecular flexibility index (Phi) is 4.90. The number of thioether (sulfide) groups is 1. The molecule has 5 heteroatoms. The summed E-state index contributed by atoms with van der Waals surface area (Å²) >= 11 is 1.98. The van der Waals surface area contributed by atoms with Crippen molar-refractivity contribution in [1.82, 2.24) is 10.2 Å². The number of carbonyl (C=O) groups is 1. The van der Waals surface area contributed by atoms with Gasteiger partial charge in [-0.25, -0.2) is 0 Å². The molecule has 4 nitrogen and oxygen atoms in total. The second-order valence-electron chi connectivity index (χ2n) is 4.26. The van der Waals surface area contributed by atoms with E-state index in [9.17, 15) is 9.90 Å². The average Bonchev–Trinajstić information content (AvgIpc) is 2.40. The van der Waals surface area contributed by atoms with Crippen LogP contribution in [0.3, 0.4) is 0 Å². The van der Waals surface area contributed by atoms with E-state index < -0.39 is 0 Å². The van der Waals surface area contributed by atoms with Gasteiger partial charge in [0.25, 0.3) is 5.91 Å². The molecule has 1 fully saturated rings. The fourth-order valence-corrected chi connectivity index (χ4v) is 2.88. The van der Waals surface area contributed by atoms with E-state index >= 15 is 0 Å². The molecule has 1 aliphatic rings. The molecule has 1 aliphatic heterocycles. The van der Waals surface area contributed by atoms with Crippen LogP contribution in [0.2, 0.25) is 0 Å². The molecule has 0 aromatic heterocycles. The molecule has 2 rings (SSSR count). The molecule has 1 aromatic carbocycles. The number of phenolic OH excluding ortho intramolecular Hbond substituents is 1. The first-order valence-corrected chi connectivity index (χ1v) is 7.28. The predicted octanol–water partition coefficient (Wildman–Crippen LogP) is 1.17. The number of carbonyl (C=O) groups excluding carboxylic acids is 1. The van der Waals surface area contributed by atoms with Gasteiger partial charge in [-0.15, -0.1) is 0 Å². The highest BCUT2D eigenvalue weighted by molar-refractivity contribution is 7.99. The Morgan fingerprint density at radius 3 is 2.89 bits per heavy atom. The molecule has 1 saturated heterocycles. The summed E-state index contributed by atoms with van der Waals surface area (Å²) in [6, 6.07) is 6.41. The maximum Gasteiger partial charge on any atom is 0.251 e. The summed E-state index contributed by atoms with van der Waals surface area (Å²) in [7, 11) is 0. The van der Waals surface area contributed by atoms with E-state index in [4.69, 9.17) is 0 Å². The van der Waals surface area contributed by atoms with E-state index in [0.29, 0.717) is 12.1 Å². The smallest absolute Gasteiger partial charge is 0.251 e. The summed E-state index contributed by atoms with van der Waals surface area (Å²) < 4.78 is 0. The fourth-order valence-electron chi connectivity index (χ4n) is 1.90. The standard InChI is InChI=1S/C13H18N2O2S/c16-12-3-1-2-11(10-12)13(17)14-4-5-15-6-8-18-9-7-15/h1-3,10,16H,4-9H2,(H,14,17). The van der Waals surface area contributed by atoms with Gasteiger partial charge in [0.1, 0.15) is 5.75 Å². The number of benzene rings is 1. The third-order valence-corrected chi connectivity index (χ3v) is 3.87. The van der Waals surface area contributed by atoms with Gasteiger partial charge in [-0.05, 0) is 18.2 Å². The van der Waals surface area contributed by atoms with Gasteiger partial charge in [-0.3, -0.25) is 9.69 Å². The number of hydrogen-bond acceptors (Lipinski definition) is 4. The first kappa shape index (κ1) is 13.2. The van der Waals surface area contributed by atoms with E-state index in [1.165, 1.54) is 17.6 Å². The summed E-state index contributed by atoms with van der Waals surface area (Å²) in [5.41, 5.74) is 0.504. The number of nitrogens with one attached hydrogen (secondary N) is 1. The number of amides is 1. The molecule has 1 aromatic rings. The maximum atomic E-state index is 11.8. The topological polar surface area (TPSA) is 52.6 Å². The van der Waals surface area contributed by atoms with Crippen LogP contribution in [0, 0.1) is 0 Å². The lowest BCUT2D eigenvalue weighted by Gasteiger charge is -2.25. The quantitative estimate of drug-likeness (QED) is 0.859. The van der Waals surface area contributed by atoms with Crippen molar-refractivity contribution in [2.75, 3.05) is 37.7 Å². The highest BCUT2D eigenvalue weighted by atomic mass is 32.2. The van der Waals surface area contributed by atoms with Crippen molar-refractivity contribution >= 4 is 17.7 Å². The van der Waals surface area contributed by atoms with E-state index in [1.807, 2.05) is 11.8 Å². The molecule has 0 atom stereocenters. The molecule has 0 spiro atoms. The van der Waals surface area contributed by atoms with Gasteiger partial charge in [-0.1, -0.05) is 6.07 Å². The van der Waals surface area contributed by atoms with Gasteiger partial charge >= 0.3 is 0 Å². The molecule has 0 aliphatic carbocycles. The summed E-state index contributed by atoms with van der Waals surface area (Å²) in [5, 5.41) is 12.2. The zero-order valence-electron chi connectivity index (χ0n) is 10.3. The second-order valence-corrected chi connectivity index (χ2v) is 5.48. The Labute approximate surface area is 111 Å². The van der Waals surface area contributed by atoms with Gasteiger partial charge in [0, 0.05) is 43.2 Å². The number of rotatable bonds is 4. The zero-order valence-corrected chi connectivity index (χ0v) is 11.1. The lowest BCUT2D eigenvalue weighted by molar-refractivity contribution is 0.0948. The minimum absolute atomic E-state index is 0.121. The van der Waals surface area contributed by atoms with E-state index in [1.54, 1.807) is 18.2 Å². The Morgan fingerprint density at radius 2 is 2.17 bits per heavy atom. The number of aromatic hydroxyl groups is 1. The molecule has 0 saturated carbocycles. The summed E-state index contributed by atoms with van der Waals surface area (Å²) in [6.45, 7) is 3.75. The van der Waals surface area contributed by atoms with Crippen LogP contribution in [0.25, 0.3) is 0 Å². The first-order chi connectivity index (χ1) is 8.75. The van der Waals surface area contributed by atoms with Crippen LogP contribution in [0.5, 0.6) is 5.75 Å². The monoisotopic (exact) mass is 266 g/mol. The number of hydrogen-bond donors (Lipinski definition) is 2. The Balaban J connectivity index is 1.74. The molecular weight excluding hydrogens is 248 g/mol. The normalized spacial score (nSPS) is 16.4. The molecule has 0 bridgehead atoms. The largest absolute Gasteiger partial charge is 0.508 e. The van der Waals surface area contributed by atoms with Crippen LogP contribution in [-0.2, 0) is 0 Å². The van der Waals surface area contributed by atoms with Gasteiger partial charge < -0.3 is 10.4 Å². The molecule has 1 amide bonds. The third-order valence-electron chi connectivity index (χ3n) is 2.93. The Bertz CT molecular complexity index is 406. The zero-order chi connectivity index (χ0) is 12.8. The minimum Gasteiger partial charge on any atom is -0.508 e. The van der Waals surface area contributed by atoms with Gasteiger partial charge in [0.15, 0.2) is 0 Å².